The molecule has 0 bridgehead atoms. The molecule has 10 heteroatoms. The van der Waals surface area contributed by atoms with Crippen molar-refractivity contribution in [3.05, 3.63) is 42.1 Å². The topological polar surface area (TPSA) is 131 Å². The summed E-state index contributed by atoms with van der Waals surface area (Å²) in [4.78, 5) is 13.0. The van der Waals surface area contributed by atoms with E-state index in [2.05, 4.69) is 26.9 Å². The van der Waals surface area contributed by atoms with E-state index in [1.165, 1.54) is 10.5 Å². The van der Waals surface area contributed by atoms with Gasteiger partial charge in [-0.25, -0.2) is 12.7 Å². The molecule has 1 fully saturated rings. The van der Waals surface area contributed by atoms with Crippen LogP contribution in [-0.4, -0.2) is 52.7 Å². The Kier molecular flexibility index (Phi) is 6.43. The van der Waals surface area contributed by atoms with Gasteiger partial charge in [-0.2, -0.15) is 10.4 Å². The minimum atomic E-state index is -3.37. The molecule has 1 amide bonds. The van der Waals surface area contributed by atoms with Crippen molar-refractivity contribution in [1.82, 2.24) is 19.8 Å². The van der Waals surface area contributed by atoms with Crippen molar-refractivity contribution in [1.29, 1.82) is 5.26 Å². The highest BCUT2D eigenvalue weighted by Crippen LogP contribution is 2.29. The van der Waals surface area contributed by atoms with Crippen molar-refractivity contribution in [2.45, 2.75) is 43.9 Å². The van der Waals surface area contributed by atoms with Crippen molar-refractivity contribution >= 4 is 27.4 Å². The zero-order valence-corrected chi connectivity index (χ0v) is 17.9. The summed E-state index contributed by atoms with van der Waals surface area (Å²) >= 11 is 0. The first-order valence-corrected chi connectivity index (χ1v) is 11.3. The monoisotopic (exact) mass is 430 g/mol. The fraction of sp³-hybridized carbons (Fsp3) is 0.450. The molecule has 30 heavy (non-hydrogen) atoms. The van der Waals surface area contributed by atoms with Crippen LogP contribution in [0.2, 0.25) is 0 Å². The summed E-state index contributed by atoms with van der Waals surface area (Å²) in [6.45, 7) is 3.83. The Bertz CT molecular complexity index is 1020. The van der Waals surface area contributed by atoms with Crippen LogP contribution in [0.15, 0.2) is 36.5 Å². The summed E-state index contributed by atoms with van der Waals surface area (Å²) < 4.78 is 26.3. The van der Waals surface area contributed by atoms with Crippen LogP contribution in [0.1, 0.15) is 43.5 Å². The molecule has 1 aromatic heterocycles. The molecule has 0 unspecified atom stereocenters. The van der Waals surface area contributed by atoms with Crippen LogP contribution in [0, 0.1) is 11.3 Å². The van der Waals surface area contributed by atoms with Gasteiger partial charge in [-0.1, -0.05) is 18.2 Å². The molecule has 0 atom stereocenters. The molecule has 2 heterocycles. The zero-order chi connectivity index (χ0) is 21.8. The van der Waals surface area contributed by atoms with E-state index in [1.807, 2.05) is 30.3 Å². The highest BCUT2D eigenvalue weighted by atomic mass is 32.2. The number of anilines is 2. The maximum atomic E-state index is 13.0. The van der Waals surface area contributed by atoms with Gasteiger partial charge < -0.3 is 10.6 Å². The molecule has 1 aromatic carbocycles. The first kappa shape index (κ1) is 21.8. The van der Waals surface area contributed by atoms with Crippen molar-refractivity contribution in [2.75, 3.05) is 18.4 Å². The molecule has 1 saturated heterocycles. The van der Waals surface area contributed by atoms with Gasteiger partial charge in [0.1, 0.15) is 11.4 Å². The summed E-state index contributed by atoms with van der Waals surface area (Å²) in [6, 6.07) is 11.5. The van der Waals surface area contributed by atoms with Gasteiger partial charge in [0.15, 0.2) is 0 Å². The van der Waals surface area contributed by atoms with E-state index in [-0.39, 0.29) is 25.4 Å². The zero-order valence-electron chi connectivity index (χ0n) is 17.1. The van der Waals surface area contributed by atoms with Gasteiger partial charge in [0.2, 0.25) is 10.0 Å². The van der Waals surface area contributed by atoms with Crippen molar-refractivity contribution < 1.29 is 13.2 Å². The lowest BCUT2D eigenvalue weighted by molar-refractivity contribution is 0.0859. The number of carbonyl (C=O) groups is 1. The van der Waals surface area contributed by atoms with Crippen LogP contribution in [0.4, 0.5) is 11.5 Å². The fourth-order valence-corrected chi connectivity index (χ4v) is 4.78. The standard InChI is InChI=1S/C20H26N6O3S/c1-15(2)30(28,29)26-12-9-20(8-11-21,10-13-26)24-19(27)17-14-22-25-18(17)23-16-6-4-3-5-7-16/h3-7,14-15H,8-10,12-13H2,1-2H3,(H,24,27)(H2,22,23,25). The molecule has 0 aliphatic carbocycles. The minimum absolute atomic E-state index is 0.105. The molecule has 1 aliphatic rings. The summed E-state index contributed by atoms with van der Waals surface area (Å²) in [7, 11) is -3.37. The number of para-hydroxylation sites is 1. The van der Waals surface area contributed by atoms with Crippen molar-refractivity contribution in [3.8, 4) is 6.07 Å². The third kappa shape index (κ3) is 4.63. The Morgan fingerprint density at radius 1 is 1.30 bits per heavy atom. The highest BCUT2D eigenvalue weighted by Gasteiger charge is 2.40. The predicted molar refractivity (Wildman–Crippen MR) is 114 cm³/mol. The Hall–Kier alpha value is -2.90. The van der Waals surface area contributed by atoms with Crippen LogP contribution in [-0.2, 0) is 10.0 Å². The second kappa shape index (κ2) is 8.85. The second-order valence-corrected chi connectivity index (χ2v) is 10.2. The largest absolute Gasteiger partial charge is 0.345 e. The third-order valence-corrected chi connectivity index (χ3v) is 7.63. The van der Waals surface area contributed by atoms with E-state index in [1.54, 1.807) is 13.8 Å². The van der Waals surface area contributed by atoms with Crippen LogP contribution in [0.3, 0.4) is 0 Å². The molecule has 0 saturated carbocycles. The number of carbonyl (C=O) groups excluding carboxylic acids is 1. The number of piperidine rings is 1. The van der Waals surface area contributed by atoms with Gasteiger partial charge in [-0.15, -0.1) is 0 Å². The quantitative estimate of drug-likeness (QED) is 0.618. The number of aromatic amines is 1. The number of amides is 1. The lowest BCUT2D eigenvalue weighted by Gasteiger charge is -2.41. The number of nitrogens with one attached hydrogen (secondary N) is 3. The number of aromatic nitrogens is 2. The number of hydrogen-bond donors (Lipinski definition) is 3. The van der Waals surface area contributed by atoms with Gasteiger partial charge in [0.05, 0.1) is 29.5 Å². The van der Waals surface area contributed by atoms with Crippen LogP contribution in [0.5, 0.6) is 0 Å². The molecular formula is C20H26N6O3S. The number of nitriles is 1. The number of nitrogens with zero attached hydrogens (tertiary/aromatic N) is 3. The Morgan fingerprint density at radius 2 is 1.97 bits per heavy atom. The molecule has 3 N–H and O–H groups in total. The van der Waals surface area contributed by atoms with Gasteiger partial charge >= 0.3 is 0 Å². The van der Waals surface area contributed by atoms with Crippen LogP contribution >= 0.6 is 0 Å². The van der Waals surface area contributed by atoms with Gasteiger partial charge in [-0.05, 0) is 38.8 Å². The van der Waals surface area contributed by atoms with E-state index in [0.29, 0.717) is 24.2 Å². The number of hydrogen-bond acceptors (Lipinski definition) is 6. The van der Waals surface area contributed by atoms with Crippen LogP contribution < -0.4 is 10.6 Å². The number of sulfonamides is 1. The molecule has 0 radical (unpaired) electrons. The first-order valence-electron chi connectivity index (χ1n) is 9.81. The number of H-pyrrole nitrogens is 1. The first-order chi connectivity index (χ1) is 14.3. The minimum Gasteiger partial charge on any atom is -0.345 e. The normalized spacial score (nSPS) is 16.7. The lowest BCUT2D eigenvalue weighted by atomic mass is 9.85. The average molecular weight is 431 g/mol. The summed E-state index contributed by atoms with van der Waals surface area (Å²) in [6.07, 6.45) is 2.28. The van der Waals surface area contributed by atoms with Gasteiger partial charge in [-0.3, -0.25) is 9.89 Å². The third-order valence-electron chi connectivity index (χ3n) is 5.36. The van der Waals surface area contributed by atoms with Crippen molar-refractivity contribution in [2.24, 2.45) is 0 Å². The van der Waals surface area contributed by atoms with E-state index >= 15 is 0 Å². The average Bonchev–Trinajstić information content (AvgIpc) is 3.17. The SMILES string of the molecule is CC(C)S(=O)(=O)N1CCC(CC#N)(NC(=O)c2cn[nH]c2Nc2ccccc2)CC1. The Morgan fingerprint density at radius 3 is 2.57 bits per heavy atom. The maximum Gasteiger partial charge on any atom is 0.257 e. The van der Waals surface area contributed by atoms with Crippen molar-refractivity contribution in [3.63, 3.8) is 0 Å². The molecule has 160 valence electrons. The number of rotatable bonds is 7. The summed E-state index contributed by atoms with van der Waals surface area (Å²) in [5.74, 6) is 0.0863. The van der Waals surface area contributed by atoms with E-state index in [4.69, 9.17) is 0 Å². The molecule has 3 rings (SSSR count). The van der Waals surface area contributed by atoms with E-state index in [0.717, 1.165) is 5.69 Å². The van der Waals surface area contributed by atoms with E-state index in [9.17, 15) is 18.5 Å². The van der Waals surface area contributed by atoms with Gasteiger partial charge in [0, 0.05) is 18.8 Å². The maximum absolute atomic E-state index is 13.0. The lowest BCUT2D eigenvalue weighted by Crippen LogP contribution is -2.56. The molecule has 2 aromatic rings. The molecular weight excluding hydrogens is 404 g/mol. The fourth-order valence-electron chi connectivity index (χ4n) is 3.49. The summed E-state index contributed by atoms with van der Waals surface area (Å²) in [5.41, 5.74) is 0.346. The Balaban J connectivity index is 1.73. The van der Waals surface area contributed by atoms with E-state index < -0.39 is 20.8 Å². The van der Waals surface area contributed by atoms with Crippen LogP contribution in [0.25, 0.3) is 0 Å². The number of benzene rings is 1. The summed E-state index contributed by atoms with van der Waals surface area (Å²) in [5, 5.41) is 21.7. The Labute approximate surface area is 176 Å². The second-order valence-electron chi connectivity index (χ2n) is 7.71. The van der Waals surface area contributed by atoms with Gasteiger partial charge in [0.25, 0.3) is 5.91 Å². The molecule has 0 spiro atoms. The smallest absolute Gasteiger partial charge is 0.257 e. The highest BCUT2D eigenvalue weighted by molar-refractivity contribution is 7.89. The molecule has 9 nitrogen and oxygen atoms in total. The predicted octanol–water partition coefficient (Wildman–Crippen LogP) is 2.37. The molecule has 1 aliphatic heterocycles.